The molecule has 1 aliphatic carbocycles. The van der Waals surface area contributed by atoms with Crippen LogP contribution in [-0.4, -0.2) is 39.7 Å². The van der Waals surface area contributed by atoms with Crippen LogP contribution in [0.1, 0.15) is 52.9 Å². The number of para-hydroxylation sites is 1. The van der Waals surface area contributed by atoms with Gasteiger partial charge in [0, 0.05) is 17.8 Å². The van der Waals surface area contributed by atoms with Gasteiger partial charge in [-0.2, -0.15) is 0 Å². The summed E-state index contributed by atoms with van der Waals surface area (Å²) in [5.41, 5.74) is 8.50. The van der Waals surface area contributed by atoms with Crippen molar-refractivity contribution in [1.29, 1.82) is 5.41 Å². The van der Waals surface area contributed by atoms with Gasteiger partial charge in [0.1, 0.15) is 23.7 Å². The van der Waals surface area contributed by atoms with E-state index in [0.717, 1.165) is 12.8 Å². The lowest BCUT2D eigenvalue weighted by Gasteiger charge is -2.17. The average Bonchev–Trinajstić information content (AvgIpc) is 3.35. The van der Waals surface area contributed by atoms with Crippen LogP contribution in [0.25, 0.3) is 0 Å². The van der Waals surface area contributed by atoms with E-state index in [1.807, 2.05) is 6.07 Å². The fourth-order valence-corrected chi connectivity index (χ4v) is 3.94. The number of hydrogen-bond donors (Lipinski definition) is 4. The van der Waals surface area contributed by atoms with E-state index in [-0.39, 0.29) is 24.0 Å². The van der Waals surface area contributed by atoms with Gasteiger partial charge in [-0.3, -0.25) is 15.2 Å². The van der Waals surface area contributed by atoms with Gasteiger partial charge in [0.25, 0.3) is 5.91 Å². The number of amides is 1. The van der Waals surface area contributed by atoms with E-state index < -0.39 is 0 Å². The van der Waals surface area contributed by atoms with Gasteiger partial charge in [0.15, 0.2) is 0 Å². The Kier molecular flexibility index (Phi) is 6.77. The summed E-state index contributed by atoms with van der Waals surface area (Å²) in [7, 11) is 1.53. The van der Waals surface area contributed by atoms with Gasteiger partial charge in [-0.05, 0) is 37.1 Å². The maximum absolute atomic E-state index is 12.5. The Morgan fingerprint density at radius 3 is 2.67 bits per heavy atom. The Bertz CT molecular complexity index is 1140. The van der Waals surface area contributed by atoms with Crippen LogP contribution in [0.3, 0.4) is 0 Å². The van der Waals surface area contributed by atoms with Crippen LogP contribution in [0.2, 0.25) is 0 Å². The van der Waals surface area contributed by atoms with Crippen molar-refractivity contribution in [3.8, 4) is 5.75 Å². The molecule has 1 fully saturated rings. The highest BCUT2D eigenvalue weighted by molar-refractivity contribution is 6.16. The summed E-state index contributed by atoms with van der Waals surface area (Å²) in [5.74, 6) is 1.09. The molecular formula is C24H27N7O2. The summed E-state index contributed by atoms with van der Waals surface area (Å²) in [6.45, 7) is 0.246. The quantitative estimate of drug-likeness (QED) is 0.391. The molecule has 0 spiro atoms. The molecule has 1 aliphatic rings. The van der Waals surface area contributed by atoms with Gasteiger partial charge >= 0.3 is 0 Å². The second kappa shape index (κ2) is 10.1. The van der Waals surface area contributed by atoms with Crippen LogP contribution in [0.4, 0.5) is 11.6 Å². The predicted molar refractivity (Wildman–Crippen MR) is 127 cm³/mol. The van der Waals surface area contributed by atoms with E-state index in [1.54, 1.807) is 36.5 Å². The van der Waals surface area contributed by atoms with Crippen LogP contribution in [0.5, 0.6) is 5.75 Å². The number of carbonyl (C=O) groups is 1. The molecule has 0 bridgehead atoms. The smallest absolute Gasteiger partial charge is 0.255 e. The van der Waals surface area contributed by atoms with Crippen molar-refractivity contribution in [3.05, 3.63) is 71.3 Å². The zero-order valence-corrected chi connectivity index (χ0v) is 18.5. The minimum absolute atomic E-state index is 0.200. The van der Waals surface area contributed by atoms with Crippen molar-refractivity contribution in [2.75, 3.05) is 18.2 Å². The molecule has 3 aromatic rings. The third-order valence-corrected chi connectivity index (χ3v) is 5.72. The Morgan fingerprint density at radius 1 is 1.15 bits per heavy atom. The second-order valence-corrected chi connectivity index (χ2v) is 7.90. The zero-order chi connectivity index (χ0) is 23.2. The number of nitrogens with zero attached hydrogens (tertiary/aromatic N) is 3. The number of pyridine rings is 1. The van der Waals surface area contributed by atoms with Crippen LogP contribution in [0.15, 0.2) is 48.9 Å². The maximum atomic E-state index is 12.5. The first-order valence-electron chi connectivity index (χ1n) is 10.9. The van der Waals surface area contributed by atoms with Crippen LogP contribution >= 0.6 is 0 Å². The molecule has 0 aliphatic heterocycles. The summed E-state index contributed by atoms with van der Waals surface area (Å²) in [4.78, 5) is 25.3. The number of anilines is 2. The molecule has 2 aromatic heterocycles. The number of methoxy groups -OCH3 is 1. The fraction of sp³-hybridized carbons (Fsp3) is 0.292. The number of nitrogens with two attached hydrogens (primary N) is 1. The van der Waals surface area contributed by atoms with Crippen LogP contribution in [-0.2, 0) is 6.54 Å². The lowest BCUT2D eigenvalue weighted by molar-refractivity contribution is 0.0947. The van der Waals surface area contributed by atoms with E-state index in [9.17, 15) is 4.79 Å². The van der Waals surface area contributed by atoms with Crippen molar-refractivity contribution >= 4 is 23.3 Å². The highest BCUT2D eigenvalue weighted by Gasteiger charge is 2.21. The van der Waals surface area contributed by atoms with E-state index >= 15 is 0 Å². The maximum Gasteiger partial charge on any atom is 0.255 e. The first-order chi connectivity index (χ1) is 16.1. The summed E-state index contributed by atoms with van der Waals surface area (Å²) in [6, 6.07) is 10.9. The molecule has 0 saturated heterocycles. The molecule has 0 unspecified atom stereocenters. The molecule has 170 valence electrons. The number of nitrogens with one attached hydrogen (secondary N) is 3. The molecule has 2 heterocycles. The Morgan fingerprint density at radius 2 is 1.94 bits per heavy atom. The SMILES string of the molecule is COc1ccccc1C(=O)NCc1ccc(C(=N)c2c(N)ncnc2NC2CCCC2)cn1. The van der Waals surface area contributed by atoms with Gasteiger partial charge in [-0.1, -0.05) is 25.0 Å². The van der Waals surface area contributed by atoms with Crippen LogP contribution in [0, 0.1) is 5.41 Å². The van der Waals surface area contributed by atoms with E-state index in [1.165, 1.54) is 26.3 Å². The lowest BCUT2D eigenvalue weighted by Crippen LogP contribution is -2.24. The molecule has 1 aromatic carbocycles. The van der Waals surface area contributed by atoms with E-state index in [4.69, 9.17) is 15.9 Å². The van der Waals surface area contributed by atoms with Crippen LogP contribution < -0.4 is 21.1 Å². The minimum Gasteiger partial charge on any atom is -0.496 e. The van der Waals surface area contributed by atoms with Gasteiger partial charge in [-0.25, -0.2) is 9.97 Å². The fourth-order valence-electron chi connectivity index (χ4n) is 3.94. The van der Waals surface area contributed by atoms with Crippen molar-refractivity contribution < 1.29 is 9.53 Å². The predicted octanol–water partition coefficient (Wildman–Crippen LogP) is 3.16. The first-order valence-corrected chi connectivity index (χ1v) is 10.9. The molecule has 9 nitrogen and oxygen atoms in total. The highest BCUT2D eigenvalue weighted by Crippen LogP contribution is 2.26. The zero-order valence-electron chi connectivity index (χ0n) is 18.5. The second-order valence-electron chi connectivity index (χ2n) is 7.90. The lowest BCUT2D eigenvalue weighted by atomic mass is 10.0. The number of carbonyl (C=O) groups excluding carboxylic acids is 1. The third kappa shape index (κ3) is 5.08. The van der Waals surface area contributed by atoms with Crippen molar-refractivity contribution in [3.63, 3.8) is 0 Å². The molecule has 4 rings (SSSR count). The van der Waals surface area contributed by atoms with E-state index in [2.05, 4.69) is 25.6 Å². The van der Waals surface area contributed by atoms with Gasteiger partial charge in [0.2, 0.25) is 0 Å². The third-order valence-electron chi connectivity index (χ3n) is 5.72. The molecule has 9 heteroatoms. The van der Waals surface area contributed by atoms with Crippen molar-refractivity contribution in [2.45, 2.75) is 38.3 Å². The number of nitrogen functional groups attached to an aromatic ring is 1. The molecular weight excluding hydrogens is 418 g/mol. The van der Waals surface area contributed by atoms with Crippen molar-refractivity contribution in [1.82, 2.24) is 20.3 Å². The van der Waals surface area contributed by atoms with Gasteiger partial charge in [0.05, 0.1) is 36.2 Å². The highest BCUT2D eigenvalue weighted by atomic mass is 16.5. The monoisotopic (exact) mass is 445 g/mol. The number of benzene rings is 1. The van der Waals surface area contributed by atoms with Gasteiger partial charge < -0.3 is 21.1 Å². The molecule has 0 atom stereocenters. The first kappa shape index (κ1) is 22.2. The average molecular weight is 446 g/mol. The number of aromatic nitrogens is 3. The molecule has 1 saturated carbocycles. The largest absolute Gasteiger partial charge is 0.496 e. The number of hydrogen-bond acceptors (Lipinski definition) is 8. The molecule has 5 N–H and O–H groups in total. The van der Waals surface area contributed by atoms with Gasteiger partial charge in [-0.15, -0.1) is 0 Å². The van der Waals surface area contributed by atoms with E-state index in [0.29, 0.717) is 40.0 Å². The van der Waals surface area contributed by atoms with Crippen molar-refractivity contribution in [2.24, 2.45) is 0 Å². The normalized spacial score (nSPS) is 13.5. The summed E-state index contributed by atoms with van der Waals surface area (Å²) in [6.07, 6.45) is 7.53. The number of ether oxygens (including phenoxy) is 1. The Labute approximate surface area is 192 Å². The summed E-state index contributed by atoms with van der Waals surface area (Å²) in [5, 5.41) is 15.0. The summed E-state index contributed by atoms with van der Waals surface area (Å²) < 4.78 is 5.24. The molecule has 0 radical (unpaired) electrons. The minimum atomic E-state index is -0.247. The standard InChI is InChI=1S/C24H27N7O2/c1-33-19-9-5-4-8-18(19)24(32)28-13-17-11-10-15(12-27-17)21(25)20-22(26)29-14-30-23(20)31-16-6-2-3-7-16/h4-5,8-12,14,16,25H,2-3,6-7,13H2,1H3,(H,28,32)(H3,26,29,30,31). The molecule has 33 heavy (non-hydrogen) atoms. The Hall–Kier alpha value is -4.01. The number of rotatable bonds is 8. The summed E-state index contributed by atoms with van der Waals surface area (Å²) >= 11 is 0. The molecule has 1 amide bonds. The Balaban J connectivity index is 1.45. The topological polar surface area (TPSA) is 139 Å².